The number of nitrogens with two attached hydrogens (primary N) is 1. The lowest BCUT2D eigenvalue weighted by atomic mass is 10.1. The molecule has 0 unspecified atom stereocenters. The zero-order chi connectivity index (χ0) is 17.4. The van der Waals surface area contributed by atoms with Gasteiger partial charge in [0.15, 0.2) is 0 Å². The number of phenolic OH excluding ortho intramolecular Hbond substituents is 2. The van der Waals surface area contributed by atoms with Gasteiger partial charge in [-0.2, -0.15) is 0 Å². The van der Waals surface area contributed by atoms with E-state index in [9.17, 15) is 15.0 Å². The maximum Gasteiger partial charge on any atom is 0.259 e. The molecule has 0 saturated carbocycles. The number of hydrogen-bond acceptors (Lipinski definition) is 4. The largest absolute Gasteiger partial charge is 0.508 e. The van der Waals surface area contributed by atoms with E-state index in [0.29, 0.717) is 5.69 Å². The molecule has 0 bridgehead atoms. The van der Waals surface area contributed by atoms with E-state index in [4.69, 9.17) is 5.73 Å². The van der Waals surface area contributed by atoms with Gasteiger partial charge in [-0.3, -0.25) is 4.79 Å². The summed E-state index contributed by atoms with van der Waals surface area (Å²) in [5.41, 5.74) is 6.84. The van der Waals surface area contributed by atoms with Gasteiger partial charge < -0.3 is 21.3 Å². The number of carbonyl (C=O) groups excluding carboxylic acids is 1. The average molecular weight is 322 g/mol. The number of phenols is 2. The summed E-state index contributed by atoms with van der Waals surface area (Å²) >= 11 is 0. The third-order valence-corrected chi connectivity index (χ3v) is 3.06. The van der Waals surface area contributed by atoms with E-state index in [0.717, 1.165) is 5.69 Å². The Labute approximate surface area is 140 Å². The van der Waals surface area contributed by atoms with Crippen LogP contribution in [0.15, 0.2) is 78.9 Å². The minimum atomic E-state index is -0.468. The van der Waals surface area contributed by atoms with Crippen molar-refractivity contribution < 1.29 is 15.0 Å². The molecular weight excluding hydrogens is 304 g/mol. The molecule has 0 spiro atoms. The van der Waals surface area contributed by atoms with Gasteiger partial charge in [0, 0.05) is 11.4 Å². The molecule has 122 valence electrons. The van der Waals surface area contributed by atoms with Gasteiger partial charge in [-0.15, -0.1) is 0 Å². The molecule has 3 aromatic rings. The van der Waals surface area contributed by atoms with Crippen molar-refractivity contribution in [2.24, 2.45) is 0 Å². The molecule has 0 aliphatic heterocycles. The van der Waals surface area contributed by atoms with Crippen molar-refractivity contribution in [2.75, 3.05) is 11.1 Å². The molecular formula is C19H18N2O3. The highest BCUT2D eigenvalue weighted by molar-refractivity contribution is 6.06. The molecule has 24 heavy (non-hydrogen) atoms. The normalized spacial score (nSPS) is 9.50. The summed E-state index contributed by atoms with van der Waals surface area (Å²) in [6.07, 6.45) is 0. The molecule has 0 heterocycles. The Morgan fingerprint density at radius 1 is 0.833 bits per heavy atom. The Bertz CT molecular complexity index is 790. The Hall–Kier alpha value is -3.47. The number of anilines is 2. The lowest BCUT2D eigenvalue weighted by Crippen LogP contribution is -2.11. The Morgan fingerprint density at radius 3 is 1.96 bits per heavy atom. The van der Waals surface area contributed by atoms with Crippen LogP contribution in [0.3, 0.4) is 0 Å². The predicted octanol–water partition coefficient (Wildman–Crippen LogP) is 3.62. The highest BCUT2D eigenvalue weighted by Gasteiger charge is 2.11. The van der Waals surface area contributed by atoms with Crippen molar-refractivity contribution in [1.29, 1.82) is 0 Å². The van der Waals surface area contributed by atoms with E-state index < -0.39 is 5.91 Å². The number of benzene rings is 3. The van der Waals surface area contributed by atoms with Crippen molar-refractivity contribution in [3.05, 3.63) is 84.4 Å². The fraction of sp³-hybridized carbons (Fsp3) is 0. The molecule has 0 aliphatic rings. The maximum absolute atomic E-state index is 11.8. The zero-order valence-corrected chi connectivity index (χ0v) is 12.9. The molecule has 0 fully saturated rings. The second kappa shape index (κ2) is 8.24. The lowest BCUT2D eigenvalue weighted by Gasteiger charge is -2.06. The summed E-state index contributed by atoms with van der Waals surface area (Å²) < 4.78 is 0. The molecule has 0 atom stereocenters. The first-order valence-corrected chi connectivity index (χ1v) is 7.25. The lowest BCUT2D eigenvalue weighted by molar-refractivity contribution is 0.102. The molecule has 1 amide bonds. The maximum atomic E-state index is 11.8. The third kappa shape index (κ3) is 5.06. The zero-order valence-electron chi connectivity index (χ0n) is 12.9. The standard InChI is InChI=1S/C13H11NO3.C6H7N/c15-10-6-7-12(16)11(8-10)13(17)14-9-4-2-1-3-5-9;7-6-4-2-1-3-5-6/h1-8,15-16H,(H,14,17);1-5H,7H2. The van der Waals surface area contributed by atoms with Gasteiger partial charge >= 0.3 is 0 Å². The second-order valence-corrected chi connectivity index (χ2v) is 4.93. The van der Waals surface area contributed by atoms with E-state index in [-0.39, 0.29) is 17.1 Å². The number of nitrogens with one attached hydrogen (secondary N) is 1. The number of hydrogen-bond donors (Lipinski definition) is 4. The van der Waals surface area contributed by atoms with E-state index >= 15 is 0 Å². The number of carbonyl (C=O) groups is 1. The fourth-order valence-electron chi connectivity index (χ4n) is 1.88. The molecule has 5 N–H and O–H groups in total. The van der Waals surface area contributed by atoms with Crippen LogP contribution in [0, 0.1) is 0 Å². The molecule has 5 nitrogen and oxygen atoms in total. The van der Waals surface area contributed by atoms with Crippen molar-refractivity contribution in [2.45, 2.75) is 0 Å². The number of nitrogen functional groups attached to an aromatic ring is 1. The van der Waals surface area contributed by atoms with Gasteiger partial charge in [0.25, 0.3) is 5.91 Å². The fourth-order valence-corrected chi connectivity index (χ4v) is 1.88. The van der Waals surface area contributed by atoms with E-state index in [1.165, 1.54) is 18.2 Å². The first kappa shape index (κ1) is 16.9. The van der Waals surface area contributed by atoms with Gasteiger partial charge in [-0.25, -0.2) is 0 Å². The molecule has 0 radical (unpaired) electrons. The monoisotopic (exact) mass is 322 g/mol. The molecule has 0 saturated heterocycles. The van der Waals surface area contributed by atoms with Crippen LogP contribution in [0.2, 0.25) is 0 Å². The minimum absolute atomic E-state index is 0.0360. The van der Waals surface area contributed by atoms with Crippen LogP contribution in [0.25, 0.3) is 0 Å². The summed E-state index contributed by atoms with van der Waals surface area (Å²) in [6, 6.07) is 22.2. The number of aromatic hydroxyl groups is 2. The highest BCUT2D eigenvalue weighted by atomic mass is 16.3. The van der Waals surface area contributed by atoms with Gasteiger partial charge in [0.05, 0.1) is 5.56 Å². The summed E-state index contributed by atoms with van der Waals surface area (Å²) in [5, 5.41) is 21.4. The summed E-state index contributed by atoms with van der Waals surface area (Å²) in [7, 11) is 0. The van der Waals surface area contributed by atoms with Crippen LogP contribution in [-0.4, -0.2) is 16.1 Å². The van der Waals surface area contributed by atoms with Gasteiger partial charge in [0.2, 0.25) is 0 Å². The molecule has 3 rings (SSSR count). The Balaban J connectivity index is 0.000000249. The molecule has 3 aromatic carbocycles. The SMILES string of the molecule is Nc1ccccc1.O=C(Nc1ccccc1)c1cc(O)ccc1O. The van der Waals surface area contributed by atoms with Crippen molar-refractivity contribution >= 4 is 17.3 Å². The van der Waals surface area contributed by atoms with Crippen LogP contribution in [-0.2, 0) is 0 Å². The van der Waals surface area contributed by atoms with E-state index in [1.54, 1.807) is 24.3 Å². The van der Waals surface area contributed by atoms with Crippen LogP contribution in [0.4, 0.5) is 11.4 Å². The summed E-state index contributed by atoms with van der Waals surface area (Å²) in [6.45, 7) is 0. The van der Waals surface area contributed by atoms with Gasteiger partial charge in [-0.05, 0) is 42.5 Å². The summed E-state index contributed by atoms with van der Waals surface area (Å²) in [5.74, 6) is -0.707. The van der Waals surface area contributed by atoms with Crippen molar-refractivity contribution in [1.82, 2.24) is 0 Å². The molecule has 5 heteroatoms. The smallest absolute Gasteiger partial charge is 0.259 e. The Morgan fingerprint density at radius 2 is 1.42 bits per heavy atom. The first-order valence-electron chi connectivity index (χ1n) is 7.25. The number of para-hydroxylation sites is 2. The van der Waals surface area contributed by atoms with Crippen LogP contribution < -0.4 is 11.1 Å². The minimum Gasteiger partial charge on any atom is -0.508 e. The topological polar surface area (TPSA) is 95.6 Å². The highest BCUT2D eigenvalue weighted by Crippen LogP contribution is 2.23. The van der Waals surface area contributed by atoms with Crippen molar-refractivity contribution in [3.63, 3.8) is 0 Å². The summed E-state index contributed by atoms with van der Waals surface area (Å²) in [4.78, 5) is 11.8. The molecule has 0 aliphatic carbocycles. The average Bonchev–Trinajstić information content (AvgIpc) is 2.59. The Kier molecular flexibility index (Phi) is 5.80. The van der Waals surface area contributed by atoms with Crippen LogP contribution >= 0.6 is 0 Å². The first-order chi connectivity index (χ1) is 11.6. The third-order valence-electron chi connectivity index (χ3n) is 3.06. The van der Waals surface area contributed by atoms with Crippen LogP contribution in [0.5, 0.6) is 11.5 Å². The van der Waals surface area contributed by atoms with E-state index in [2.05, 4.69) is 5.32 Å². The van der Waals surface area contributed by atoms with E-state index in [1.807, 2.05) is 36.4 Å². The second-order valence-electron chi connectivity index (χ2n) is 4.93. The van der Waals surface area contributed by atoms with Crippen molar-refractivity contribution in [3.8, 4) is 11.5 Å². The molecule has 0 aromatic heterocycles. The van der Waals surface area contributed by atoms with Crippen LogP contribution in [0.1, 0.15) is 10.4 Å². The predicted molar refractivity (Wildman–Crippen MR) is 95.0 cm³/mol. The quantitative estimate of drug-likeness (QED) is 0.428. The number of amides is 1. The van der Waals surface area contributed by atoms with Gasteiger partial charge in [0.1, 0.15) is 11.5 Å². The van der Waals surface area contributed by atoms with Gasteiger partial charge in [-0.1, -0.05) is 36.4 Å². The number of rotatable bonds is 2.